The van der Waals surface area contributed by atoms with Gasteiger partial charge in [0.2, 0.25) is 0 Å². The number of benzene rings is 3. The molecule has 0 saturated carbocycles. The van der Waals surface area contributed by atoms with Gasteiger partial charge in [0, 0.05) is 24.2 Å². The Hall–Kier alpha value is -3.88. The van der Waals surface area contributed by atoms with Crippen LogP contribution in [0.15, 0.2) is 66.7 Å². The van der Waals surface area contributed by atoms with Crippen molar-refractivity contribution in [3.63, 3.8) is 0 Å². The normalized spacial score (nSPS) is 16.4. The fourth-order valence-electron chi connectivity index (χ4n) is 4.71. The largest absolute Gasteiger partial charge is 0.416 e. The summed E-state index contributed by atoms with van der Waals surface area (Å²) in [5, 5.41) is 10.1. The van der Waals surface area contributed by atoms with Crippen molar-refractivity contribution in [2.45, 2.75) is 38.1 Å². The molecule has 9 heteroatoms. The van der Waals surface area contributed by atoms with Crippen LogP contribution in [-0.4, -0.2) is 30.9 Å². The first-order valence-corrected chi connectivity index (χ1v) is 12.9. The zero-order valence-corrected chi connectivity index (χ0v) is 21.5. The predicted molar refractivity (Wildman–Crippen MR) is 143 cm³/mol. The molecule has 3 N–H and O–H groups in total. The summed E-state index contributed by atoms with van der Waals surface area (Å²) < 4.78 is 11.4. The third-order valence-electron chi connectivity index (χ3n) is 6.65. The topological polar surface area (TPSA) is 106 Å². The van der Waals surface area contributed by atoms with Crippen LogP contribution in [-0.2, 0) is 44.4 Å². The molecule has 2 aliphatic rings. The number of esters is 2. The van der Waals surface area contributed by atoms with Crippen molar-refractivity contribution >= 4 is 35.1 Å². The second-order valence-corrected chi connectivity index (χ2v) is 9.70. The summed E-state index contributed by atoms with van der Waals surface area (Å²) in [6, 6.07) is 20.6. The average molecular weight is 534 g/mol. The SMILES string of the molecule is O=C1CCC(=O)OC2(CNCCc3c2ccc(Cl)c3NCc2ccc(C(=O)NCc3ccccc3)cc2)O1. The van der Waals surface area contributed by atoms with E-state index in [2.05, 4.69) is 16.0 Å². The summed E-state index contributed by atoms with van der Waals surface area (Å²) in [6.45, 7) is 1.65. The van der Waals surface area contributed by atoms with Crippen molar-refractivity contribution < 1.29 is 23.9 Å². The summed E-state index contributed by atoms with van der Waals surface area (Å²) in [4.78, 5) is 37.2. The van der Waals surface area contributed by atoms with Crippen molar-refractivity contribution in [3.8, 4) is 0 Å². The van der Waals surface area contributed by atoms with Crippen LogP contribution >= 0.6 is 11.6 Å². The second kappa shape index (κ2) is 11.2. The van der Waals surface area contributed by atoms with Gasteiger partial charge in [0.25, 0.3) is 11.7 Å². The van der Waals surface area contributed by atoms with Gasteiger partial charge in [-0.1, -0.05) is 54.1 Å². The van der Waals surface area contributed by atoms with Crippen molar-refractivity contribution in [2.24, 2.45) is 0 Å². The van der Waals surface area contributed by atoms with Gasteiger partial charge in [0.15, 0.2) is 0 Å². The zero-order valence-electron chi connectivity index (χ0n) is 20.7. The third kappa shape index (κ3) is 5.66. The second-order valence-electron chi connectivity index (χ2n) is 9.30. The number of nitrogens with one attached hydrogen (secondary N) is 3. The maximum Gasteiger partial charge on any atom is 0.309 e. The summed E-state index contributed by atoms with van der Waals surface area (Å²) in [6.07, 6.45) is 0.555. The monoisotopic (exact) mass is 533 g/mol. The Morgan fingerprint density at radius 2 is 1.55 bits per heavy atom. The van der Waals surface area contributed by atoms with Gasteiger partial charge in [-0.3, -0.25) is 14.4 Å². The number of hydrogen-bond donors (Lipinski definition) is 3. The fraction of sp³-hybridized carbons (Fsp3) is 0.276. The molecule has 1 fully saturated rings. The van der Waals surface area contributed by atoms with Crippen LogP contribution in [0.5, 0.6) is 0 Å². The Bertz CT molecular complexity index is 1330. The lowest BCUT2D eigenvalue weighted by Gasteiger charge is -2.32. The molecule has 1 amide bonds. The Morgan fingerprint density at radius 3 is 2.26 bits per heavy atom. The molecule has 38 heavy (non-hydrogen) atoms. The number of carbonyl (C=O) groups excluding carboxylic acids is 3. The van der Waals surface area contributed by atoms with Crippen LogP contribution < -0.4 is 16.0 Å². The van der Waals surface area contributed by atoms with E-state index in [-0.39, 0.29) is 25.3 Å². The Kier molecular flexibility index (Phi) is 7.62. The number of amides is 1. The van der Waals surface area contributed by atoms with Gasteiger partial charge >= 0.3 is 11.9 Å². The van der Waals surface area contributed by atoms with Crippen LogP contribution in [0.25, 0.3) is 0 Å². The molecular weight excluding hydrogens is 506 g/mol. The molecule has 1 saturated heterocycles. The average Bonchev–Trinajstić information content (AvgIpc) is 3.19. The Balaban J connectivity index is 1.32. The third-order valence-corrected chi connectivity index (χ3v) is 6.97. The number of carbonyl (C=O) groups is 3. The standard InChI is InChI=1S/C29H28ClN3O5/c30-24-11-10-23-22(14-15-31-18-29(23)37-25(34)12-13-26(35)38-29)27(24)32-16-20-6-8-21(9-7-20)28(36)33-17-19-4-2-1-3-5-19/h1-11,31-32H,12-18H2,(H,33,36). The van der Waals surface area contributed by atoms with Gasteiger partial charge in [0.05, 0.1) is 30.1 Å². The minimum atomic E-state index is -1.54. The van der Waals surface area contributed by atoms with Crippen LogP contribution in [0.4, 0.5) is 5.69 Å². The first-order chi connectivity index (χ1) is 18.4. The number of anilines is 1. The van der Waals surface area contributed by atoms with E-state index in [9.17, 15) is 14.4 Å². The Labute approximate surface area is 225 Å². The molecule has 0 atom stereocenters. The summed E-state index contributed by atoms with van der Waals surface area (Å²) in [5.74, 6) is -2.65. The Morgan fingerprint density at radius 1 is 0.868 bits per heavy atom. The first kappa shape index (κ1) is 25.8. The molecule has 3 aromatic rings. The lowest BCUT2D eigenvalue weighted by atomic mass is 9.96. The highest BCUT2D eigenvalue weighted by atomic mass is 35.5. The molecule has 5 rings (SSSR count). The maximum absolute atomic E-state index is 12.5. The van der Waals surface area contributed by atoms with E-state index in [0.717, 1.165) is 16.7 Å². The van der Waals surface area contributed by atoms with Crippen molar-refractivity contribution in [1.82, 2.24) is 10.6 Å². The summed E-state index contributed by atoms with van der Waals surface area (Å²) in [5.41, 5.74) is 4.66. The van der Waals surface area contributed by atoms with Crippen molar-refractivity contribution in [1.29, 1.82) is 0 Å². The number of rotatable bonds is 6. The fourth-order valence-corrected chi connectivity index (χ4v) is 4.95. The van der Waals surface area contributed by atoms with Crippen molar-refractivity contribution in [2.75, 3.05) is 18.4 Å². The summed E-state index contributed by atoms with van der Waals surface area (Å²) in [7, 11) is 0. The van der Waals surface area contributed by atoms with E-state index in [1.807, 2.05) is 42.5 Å². The van der Waals surface area contributed by atoms with Gasteiger partial charge in [-0.05, 0) is 53.9 Å². The minimum absolute atomic E-state index is 0.0190. The molecule has 0 aliphatic carbocycles. The van der Waals surface area contributed by atoms with Gasteiger partial charge in [-0.15, -0.1) is 0 Å². The smallest absolute Gasteiger partial charge is 0.309 e. The van der Waals surface area contributed by atoms with E-state index >= 15 is 0 Å². The van der Waals surface area contributed by atoms with Gasteiger partial charge in [0.1, 0.15) is 0 Å². The molecule has 1 spiro atoms. The molecule has 0 radical (unpaired) electrons. The molecule has 8 nitrogen and oxygen atoms in total. The molecule has 2 aliphatic heterocycles. The number of halogens is 1. The highest BCUT2D eigenvalue weighted by Gasteiger charge is 2.46. The van der Waals surface area contributed by atoms with E-state index in [0.29, 0.717) is 47.9 Å². The summed E-state index contributed by atoms with van der Waals surface area (Å²) >= 11 is 6.60. The van der Waals surface area contributed by atoms with Crippen LogP contribution in [0.3, 0.4) is 0 Å². The van der Waals surface area contributed by atoms with Crippen LogP contribution in [0.2, 0.25) is 5.02 Å². The molecule has 0 aromatic heterocycles. The van der Waals surface area contributed by atoms with E-state index in [1.165, 1.54) is 0 Å². The quantitative estimate of drug-likeness (QED) is 0.410. The van der Waals surface area contributed by atoms with E-state index in [4.69, 9.17) is 21.1 Å². The molecule has 0 unspecified atom stereocenters. The lowest BCUT2D eigenvalue weighted by molar-refractivity contribution is -0.225. The number of hydrogen-bond acceptors (Lipinski definition) is 7. The van der Waals surface area contributed by atoms with Crippen LogP contribution in [0.1, 0.15) is 45.5 Å². The van der Waals surface area contributed by atoms with Gasteiger partial charge in [-0.2, -0.15) is 0 Å². The molecule has 0 bridgehead atoms. The minimum Gasteiger partial charge on any atom is -0.416 e. The molecular formula is C29H28ClN3O5. The van der Waals surface area contributed by atoms with Crippen molar-refractivity contribution in [3.05, 3.63) is 99.6 Å². The molecule has 3 aromatic carbocycles. The number of ether oxygens (including phenoxy) is 2. The highest BCUT2D eigenvalue weighted by Crippen LogP contribution is 2.40. The number of fused-ring (bicyclic) bond motifs is 2. The highest BCUT2D eigenvalue weighted by molar-refractivity contribution is 6.33. The van der Waals surface area contributed by atoms with Gasteiger partial charge < -0.3 is 25.4 Å². The van der Waals surface area contributed by atoms with Gasteiger partial charge in [-0.25, -0.2) is 0 Å². The molecule has 196 valence electrons. The predicted octanol–water partition coefficient (Wildman–Crippen LogP) is 4.06. The molecule has 2 heterocycles. The van der Waals surface area contributed by atoms with Crippen LogP contribution in [0, 0.1) is 0 Å². The first-order valence-electron chi connectivity index (χ1n) is 12.5. The van der Waals surface area contributed by atoms with E-state index in [1.54, 1.807) is 24.3 Å². The maximum atomic E-state index is 12.5. The van der Waals surface area contributed by atoms with E-state index < -0.39 is 17.7 Å². The zero-order chi connectivity index (χ0) is 26.5. The lowest BCUT2D eigenvalue weighted by Crippen LogP contribution is -2.43.